The van der Waals surface area contributed by atoms with Gasteiger partial charge in [-0.25, -0.2) is 4.98 Å². The van der Waals surface area contributed by atoms with Gasteiger partial charge in [0.05, 0.1) is 17.9 Å². The van der Waals surface area contributed by atoms with Crippen molar-refractivity contribution < 1.29 is 0 Å². The summed E-state index contributed by atoms with van der Waals surface area (Å²) >= 11 is 10.5. The Morgan fingerprint density at radius 1 is 1.50 bits per heavy atom. The summed E-state index contributed by atoms with van der Waals surface area (Å²) in [7, 11) is 0. The van der Waals surface area contributed by atoms with Crippen molar-refractivity contribution in [2.24, 2.45) is 0 Å². The van der Waals surface area contributed by atoms with Gasteiger partial charge in [-0.15, -0.1) is 11.3 Å². The predicted molar refractivity (Wildman–Crippen MR) is 90.3 cm³/mol. The molecule has 7 heteroatoms. The first-order valence-electron chi connectivity index (χ1n) is 5.26. The van der Waals surface area contributed by atoms with Crippen LogP contribution in [0.15, 0.2) is 19.1 Å². The first kappa shape index (κ1) is 14.7. The Morgan fingerprint density at radius 3 is 2.78 bits per heavy atom. The third-order valence-corrected chi connectivity index (χ3v) is 6.67. The molecule has 0 fully saturated rings. The summed E-state index contributed by atoms with van der Waals surface area (Å²) in [6, 6.07) is 1.95. The zero-order valence-corrected chi connectivity index (χ0v) is 15.5. The van der Waals surface area contributed by atoms with Gasteiger partial charge in [-0.05, 0) is 66.9 Å². The molecule has 0 amide bonds. The molecule has 1 N–H and O–H groups in total. The number of nitrogens with one attached hydrogen (secondary N) is 1. The van der Waals surface area contributed by atoms with E-state index >= 15 is 0 Å². The molecule has 0 atom stereocenters. The average molecular weight is 504 g/mol. The first-order chi connectivity index (χ1) is 8.52. The van der Waals surface area contributed by atoms with Gasteiger partial charge in [-0.1, -0.05) is 13.3 Å². The standard InChI is InChI=1S/C11H9Br2IN2OS/c1-2-3-6-8(14)11(17)16-10(15-6)7-4-5(12)9(13)18-7/h4H,2-3H2,1H3,(H,15,16,17). The van der Waals surface area contributed by atoms with Crippen molar-refractivity contribution in [3.05, 3.63) is 33.9 Å². The lowest BCUT2D eigenvalue weighted by Gasteiger charge is -2.04. The largest absolute Gasteiger partial charge is 0.305 e. The molecule has 0 aromatic carbocycles. The van der Waals surface area contributed by atoms with Crippen LogP contribution in [-0.4, -0.2) is 9.97 Å². The summed E-state index contributed by atoms with van der Waals surface area (Å²) in [5, 5.41) is 0. The summed E-state index contributed by atoms with van der Waals surface area (Å²) in [5.74, 6) is 0.639. The molecule has 0 bridgehead atoms. The van der Waals surface area contributed by atoms with Crippen LogP contribution in [0.4, 0.5) is 0 Å². The van der Waals surface area contributed by atoms with E-state index in [2.05, 4.69) is 71.3 Å². The molecule has 0 saturated heterocycles. The topological polar surface area (TPSA) is 45.8 Å². The van der Waals surface area contributed by atoms with Crippen LogP contribution in [0.1, 0.15) is 19.0 Å². The second kappa shape index (κ2) is 6.15. The van der Waals surface area contributed by atoms with Gasteiger partial charge in [0, 0.05) is 4.47 Å². The van der Waals surface area contributed by atoms with Gasteiger partial charge >= 0.3 is 0 Å². The maximum Gasteiger partial charge on any atom is 0.264 e. The highest BCUT2D eigenvalue weighted by Crippen LogP contribution is 2.36. The lowest BCUT2D eigenvalue weighted by molar-refractivity contribution is 0.861. The van der Waals surface area contributed by atoms with Crippen molar-refractivity contribution >= 4 is 65.8 Å². The Morgan fingerprint density at radius 2 is 2.22 bits per heavy atom. The molecule has 0 saturated carbocycles. The van der Waals surface area contributed by atoms with Crippen LogP contribution in [0.25, 0.3) is 10.7 Å². The fourth-order valence-corrected chi connectivity index (χ4v) is 3.99. The van der Waals surface area contributed by atoms with Gasteiger partial charge in [0.25, 0.3) is 5.56 Å². The number of aromatic nitrogens is 2. The molecule has 96 valence electrons. The van der Waals surface area contributed by atoms with Crippen LogP contribution in [0, 0.1) is 3.57 Å². The summed E-state index contributed by atoms with van der Waals surface area (Å²) in [4.78, 5) is 20.2. The second-order valence-corrected chi connectivity index (χ2v) is 7.96. The van der Waals surface area contributed by atoms with Crippen molar-refractivity contribution in [3.63, 3.8) is 0 Å². The predicted octanol–water partition coefficient (Wildman–Crippen LogP) is 4.58. The number of hydrogen-bond acceptors (Lipinski definition) is 3. The number of H-pyrrole nitrogens is 1. The minimum Gasteiger partial charge on any atom is -0.305 e. The molecule has 0 aliphatic carbocycles. The van der Waals surface area contributed by atoms with Crippen molar-refractivity contribution in [2.75, 3.05) is 0 Å². The van der Waals surface area contributed by atoms with Gasteiger partial charge in [-0.2, -0.15) is 0 Å². The first-order valence-corrected chi connectivity index (χ1v) is 8.75. The highest BCUT2D eigenvalue weighted by atomic mass is 127. The van der Waals surface area contributed by atoms with Gasteiger partial charge in [0.15, 0.2) is 5.82 Å². The summed E-state index contributed by atoms with van der Waals surface area (Å²) in [6.07, 6.45) is 1.80. The molecule has 2 aromatic heterocycles. The summed E-state index contributed by atoms with van der Waals surface area (Å²) < 4.78 is 2.66. The molecule has 0 unspecified atom stereocenters. The minimum absolute atomic E-state index is 0.0651. The molecule has 2 rings (SSSR count). The van der Waals surface area contributed by atoms with Crippen LogP contribution >= 0.6 is 65.8 Å². The smallest absolute Gasteiger partial charge is 0.264 e. The van der Waals surface area contributed by atoms with E-state index in [4.69, 9.17) is 0 Å². The second-order valence-electron chi connectivity index (χ2n) is 3.66. The molecular formula is C11H9Br2IN2OS. The molecule has 0 aliphatic rings. The van der Waals surface area contributed by atoms with Crippen LogP contribution in [-0.2, 0) is 6.42 Å². The Balaban J connectivity index is 2.55. The van der Waals surface area contributed by atoms with Gasteiger partial charge in [0.1, 0.15) is 0 Å². The Bertz CT molecular complexity index is 619. The number of aryl methyl sites for hydroxylation is 1. The quantitative estimate of drug-likeness (QED) is 0.623. The van der Waals surface area contributed by atoms with E-state index in [1.165, 1.54) is 0 Å². The molecular weight excluding hydrogens is 495 g/mol. The number of hydrogen-bond donors (Lipinski definition) is 1. The maximum atomic E-state index is 11.9. The van der Waals surface area contributed by atoms with Crippen LogP contribution in [0.2, 0.25) is 0 Å². The van der Waals surface area contributed by atoms with E-state index in [1.54, 1.807) is 11.3 Å². The number of aromatic amines is 1. The third kappa shape index (κ3) is 3.05. The molecule has 3 nitrogen and oxygen atoms in total. The van der Waals surface area contributed by atoms with Crippen LogP contribution in [0.5, 0.6) is 0 Å². The normalized spacial score (nSPS) is 10.9. The number of rotatable bonds is 3. The SMILES string of the molecule is CCCc1nc(-c2cc(Br)c(Br)s2)[nH]c(=O)c1I. The lowest BCUT2D eigenvalue weighted by atomic mass is 10.2. The average Bonchev–Trinajstić information content (AvgIpc) is 2.65. The number of thiophene rings is 1. The molecule has 18 heavy (non-hydrogen) atoms. The fraction of sp³-hybridized carbons (Fsp3) is 0.273. The molecule has 0 aliphatic heterocycles. The van der Waals surface area contributed by atoms with E-state index in [0.29, 0.717) is 9.39 Å². The lowest BCUT2D eigenvalue weighted by Crippen LogP contribution is -2.16. The Labute approximate surface area is 139 Å². The van der Waals surface area contributed by atoms with Gasteiger partial charge in [0.2, 0.25) is 0 Å². The molecule has 0 spiro atoms. The minimum atomic E-state index is -0.0651. The zero-order chi connectivity index (χ0) is 13.3. The molecule has 0 radical (unpaired) electrons. The molecule has 2 heterocycles. The third-order valence-electron chi connectivity index (χ3n) is 2.30. The number of nitrogens with zero attached hydrogens (tertiary/aromatic N) is 1. The Kier molecular flexibility index (Phi) is 5.01. The van der Waals surface area contributed by atoms with E-state index < -0.39 is 0 Å². The molecule has 2 aromatic rings. The van der Waals surface area contributed by atoms with Gasteiger partial charge < -0.3 is 4.98 Å². The Hall–Kier alpha value is 0.270. The van der Waals surface area contributed by atoms with Crippen LogP contribution < -0.4 is 5.56 Å². The number of halogens is 3. The van der Waals surface area contributed by atoms with E-state index in [-0.39, 0.29) is 5.56 Å². The van der Waals surface area contributed by atoms with Crippen molar-refractivity contribution in [1.82, 2.24) is 9.97 Å². The highest BCUT2D eigenvalue weighted by molar-refractivity contribution is 14.1. The highest BCUT2D eigenvalue weighted by Gasteiger charge is 2.12. The monoisotopic (exact) mass is 502 g/mol. The van der Waals surface area contributed by atoms with Crippen LogP contribution in [0.3, 0.4) is 0 Å². The fourth-order valence-electron chi connectivity index (χ4n) is 1.49. The summed E-state index contributed by atoms with van der Waals surface area (Å²) in [5.41, 5.74) is 0.808. The maximum absolute atomic E-state index is 11.9. The van der Waals surface area contributed by atoms with Crippen molar-refractivity contribution in [1.29, 1.82) is 0 Å². The van der Waals surface area contributed by atoms with Gasteiger partial charge in [-0.3, -0.25) is 4.79 Å². The van der Waals surface area contributed by atoms with E-state index in [1.807, 2.05) is 6.07 Å². The van der Waals surface area contributed by atoms with E-state index in [9.17, 15) is 4.79 Å². The zero-order valence-electron chi connectivity index (χ0n) is 9.39. The van der Waals surface area contributed by atoms with Crippen molar-refractivity contribution in [2.45, 2.75) is 19.8 Å². The van der Waals surface area contributed by atoms with E-state index in [0.717, 1.165) is 31.7 Å². The van der Waals surface area contributed by atoms with Crippen molar-refractivity contribution in [3.8, 4) is 10.7 Å². The summed E-state index contributed by atoms with van der Waals surface area (Å²) in [6.45, 7) is 2.08.